The van der Waals surface area contributed by atoms with E-state index in [0.29, 0.717) is 5.56 Å². The van der Waals surface area contributed by atoms with Gasteiger partial charge in [-0.15, -0.1) is 0 Å². The predicted octanol–water partition coefficient (Wildman–Crippen LogP) is 0.563. The summed E-state index contributed by atoms with van der Waals surface area (Å²) >= 11 is 0. The molecule has 1 heterocycles. The number of nitrogens with two attached hydrogens (primary N) is 1. The molecule has 0 fully saturated rings. The van der Waals surface area contributed by atoms with Gasteiger partial charge in [-0.25, -0.2) is 4.79 Å². The van der Waals surface area contributed by atoms with Crippen LogP contribution in [0.1, 0.15) is 31.4 Å². The van der Waals surface area contributed by atoms with Crippen molar-refractivity contribution < 1.29 is 34.5 Å². The Morgan fingerprint density at radius 1 is 0.854 bits per heavy atom. The lowest BCUT2D eigenvalue weighted by Crippen LogP contribution is -2.58. The smallest absolute Gasteiger partial charge is 0.328 e. The van der Waals surface area contributed by atoms with Gasteiger partial charge in [-0.2, -0.15) is 0 Å². The van der Waals surface area contributed by atoms with Gasteiger partial charge >= 0.3 is 5.97 Å². The van der Waals surface area contributed by atoms with Crippen molar-refractivity contribution in [3.05, 3.63) is 65.9 Å². The van der Waals surface area contributed by atoms with E-state index in [1.165, 1.54) is 12.1 Å². The van der Waals surface area contributed by atoms with Crippen LogP contribution in [0.4, 0.5) is 0 Å². The maximum Gasteiger partial charge on any atom is 0.328 e. The number of para-hydroxylation sites is 1. The molecule has 0 unspecified atom stereocenters. The third-order valence-corrected chi connectivity index (χ3v) is 6.60. The number of hydrogen-bond donors (Lipinski definition) is 8. The van der Waals surface area contributed by atoms with E-state index in [1.54, 1.807) is 18.3 Å². The lowest BCUT2D eigenvalue weighted by atomic mass is 10.00. The highest BCUT2D eigenvalue weighted by molar-refractivity contribution is 5.95. The minimum absolute atomic E-state index is 0.0520. The van der Waals surface area contributed by atoms with Gasteiger partial charge in [0.25, 0.3) is 0 Å². The number of H-pyrrole nitrogens is 1. The number of phenolic OH excluding ortho intramolecular Hbond substituents is 1. The fraction of sp³-hybridized carbons (Fsp3) is 0.379. The number of carboxylic acids is 1. The molecule has 1 aromatic heterocycles. The Balaban J connectivity index is 1.83. The molecule has 3 aromatic rings. The number of aromatic amines is 1. The summed E-state index contributed by atoms with van der Waals surface area (Å²) in [4.78, 5) is 54.1. The second-order valence-electron chi connectivity index (χ2n) is 10.4. The summed E-state index contributed by atoms with van der Waals surface area (Å²) in [6.45, 7) is 2.85. The van der Waals surface area contributed by atoms with E-state index in [2.05, 4.69) is 20.9 Å². The number of carbonyl (C=O) groups excluding carboxylic acids is 3. The number of rotatable bonds is 14. The summed E-state index contributed by atoms with van der Waals surface area (Å²) < 4.78 is 0. The molecule has 0 aliphatic heterocycles. The molecule has 220 valence electrons. The van der Waals surface area contributed by atoms with Crippen LogP contribution in [0.3, 0.4) is 0 Å². The van der Waals surface area contributed by atoms with Crippen molar-refractivity contribution in [1.82, 2.24) is 20.9 Å². The summed E-state index contributed by atoms with van der Waals surface area (Å²) in [6, 6.07) is 8.95. The average Bonchev–Trinajstić information content (AvgIpc) is 3.34. The molecule has 0 bridgehead atoms. The van der Waals surface area contributed by atoms with Crippen molar-refractivity contribution in [3.8, 4) is 5.75 Å². The first kappa shape index (κ1) is 31.1. The van der Waals surface area contributed by atoms with Gasteiger partial charge in [-0.1, -0.05) is 44.2 Å². The van der Waals surface area contributed by atoms with Gasteiger partial charge in [0.15, 0.2) is 0 Å². The van der Waals surface area contributed by atoms with Crippen molar-refractivity contribution in [2.24, 2.45) is 11.7 Å². The average molecular weight is 568 g/mol. The molecule has 12 heteroatoms. The van der Waals surface area contributed by atoms with Crippen LogP contribution in [0, 0.1) is 5.92 Å². The first-order valence-corrected chi connectivity index (χ1v) is 13.3. The molecule has 12 nitrogen and oxygen atoms in total. The van der Waals surface area contributed by atoms with Gasteiger partial charge < -0.3 is 42.0 Å². The van der Waals surface area contributed by atoms with Crippen LogP contribution < -0.4 is 21.7 Å². The Kier molecular flexibility index (Phi) is 10.8. The minimum Gasteiger partial charge on any atom is -0.508 e. The number of aliphatic hydroxyl groups excluding tert-OH is 1. The van der Waals surface area contributed by atoms with Crippen LogP contribution in [0.15, 0.2) is 54.7 Å². The van der Waals surface area contributed by atoms with Crippen LogP contribution in [-0.4, -0.2) is 74.8 Å². The Hall–Kier alpha value is -4.42. The Labute approximate surface area is 237 Å². The van der Waals surface area contributed by atoms with Crippen LogP contribution >= 0.6 is 0 Å². The molecule has 0 spiro atoms. The highest BCUT2D eigenvalue weighted by Crippen LogP contribution is 2.20. The summed E-state index contributed by atoms with van der Waals surface area (Å²) in [7, 11) is 0. The number of phenols is 1. The largest absolute Gasteiger partial charge is 0.508 e. The summed E-state index contributed by atoms with van der Waals surface area (Å²) in [5, 5.41) is 36.5. The van der Waals surface area contributed by atoms with Crippen molar-refractivity contribution >= 4 is 34.6 Å². The van der Waals surface area contributed by atoms with E-state index in [1.807, 2.05) is 38.1 Å². The standard InChI is InChI=1S/C29H37N5O7/c1-16(2)11-23(27(38)34-25(15-35)29(40)41)33-28(39)24(13-18-14-31-22-6-4-3-5-20(18)22)32-26(37)21(30)12-17-7-9-19(36)10-8-17/h3-10,14,16,21,23-25,31,35-36H,11-13,15,30H2,1-2H3,(H,32,37)(H,33,39)(H,34,38)(H,40,41)/t21-,23-,24-,25-/m0/s1. The lowest BCUT2D eigenvalue weighted by molar-refractivity contribution is -0.143. The van der Waals surface area contributed by atoms with Crippen LogP contribution in [0.5, 0.6) is 5.75 Å². The quantitative estimate of drug-likeness (QED) is 0.138. The van der Waals surface area contributed by atoms with E-state index in [0.717, 1.165) is 16.5 Å². The van der Waals surface area contributed by atoms with Crippen LogP contribution in [0.2, 0.25) is 0 Å². The van der Waals surface area contributed by atoms with E-state index < -0.39 is 54.5 Å². The van der Waals surface area contributed by atoms with Gasteiger partial charge in [-0.3, -0.25) is 14.4 Å². The number of benzene rings is 2. The van der Waals surface area contributed by atoms with Crippen molar-refractivity contribution in [2.45, 2.75) is 57.3 Å². The number of aliphatic hydroxyl groups is 1. The molecule has 0 aliphatic rings. The summed E-state index contributed by atoms with van der Waals surface area (Å²) in [5.41, 5.74) is 8.47. The molecule has 2 aromatic carbocycles. The van der Waals surface area contributed by atoms with Crippen LogP contribution in [-0.2, 0) is 32.0 Å². The number of carbonyl (C=O) groups is 4. The number of aromatic hydroxyl groups is 1. The summed E-state index contributed by atoms with van der Waals surface area (Å²) in [5.74, 6) is -3.40. The second-order valence-corrected chi connectivity index (χ2v) is 10.4. The molecular formula is C29H37N5O7. The Bertz CT molecular complexity index is 1360. The third kappa shape index (κ3) is 8.78. The van der Waals surface area contributed by atoms with Gasteiger partial charge in [0.1, 0.15) is 23.9 Å². The lowest BCUT2D eigenvalue weighted by Gasteiger charge is -2.26. The SMILES string of the molecule is CC(C)C[C@H](NC(=O)[C@H](Cc1c[nH]c2ccccc12)NC(=O)[C@@H](N)Cc1ccc(O)cc1)C(=O)N[C@@H](CO)C(=O)O. The van der Waals surface area contributed by atoms with Crippen molar-refractivity contribution in [2.75, 3.05) is 6.61 Å². The third-order valence-electron chi connectivity index (χ3n) is 6.60. The molecular weight excluding hydrogens is 530 g/mol. The topological polar surface area (TPSA) is 207 Å². The highest BCUT2D eigenvalue weighted by Gasteiger charge is 2.31. The zero-order valence-corrected chi connectivity index (χ0v) is 23.0. The van der Waals surface area contributed by atoms with Crippen LogP contribution in [0.25, 0.3) is 10.9 Å². The van der Waals surface area contributed by atoms with E-state index in [9.17, 15) is 34.5 Å². The normalized spacial score (nSPS) is 14.2. The van der Waals surface area contributed by atoms with E-state index in [4.69, 9.17) is 5.73 Å². The number of nitrogens with one attached hydrogen (secondary N) is 4. The second kappa shape index (κ2) is 14.3. The predicted molar refractivity (Wildman–Crippen MR) is 152 cm³/mol. The van der Waals surface area contributed by atoms with Gasteiger partial charge in [0, 0.05) is 23.5 Å². The monoisotopic (exact) mass is 567 g/mol. The molecule has 4 atom stereocenters. The number of carboxylic acid groups (broad SMARTS) is 1. The number of fused-ring (bicyclic) bond motifs is 1. The molecule has 0 saturated heterocycles. The number of hydrogen-bond acceptors (Lipinski definition) is 7. The summed E-state index contributed by atoms with van der Waals surface area (Å²) in [6.07, 6.45) is 2.16. The molecule has 41 heavy (non-hydrogen) atoms. The zero-order valence-electron chi connectivity index (χ0n) is 23.0. The number of aromatic nitrogens is 1. The van der Waals surface area contributed by atoms with E-state index in [-0.39, 0.29) is 30.9 Å². The van der Waals surface area contributed by atoms with Gasteiger partial charge in [0.05, 0.1) is 12.6 Å². The zero-order chi connectivity index (χ0) is 30.1. The molecule has 3 rings (SSSR count). The molecule has 0 radical (unpaired) electrons. The maximum absolute atomic E-state index is 13.6. The maximum atomic E-state index is 13.6. The van der Waals surface area contributed by atoms with E-state index >= 15 is 0 Å². The van der Waals surface area contributed by atoms with Crippen molar-refractivity contribution in [3.63, 3.8) is 0 Å². The Morgan fingerprint density at radius 3 is 2.10 bits per heavy atom. The first-order chi connectivity index (χ1) is 19.5. The van der Waals surface area contributed by atoms with Crippen molar-refractivity contribution in [1.29, 1.82) is 0 Å². The molecule has 9 N–H and O–H groups in total. The first-order valence-electron chi connectivity index (χ1n) is 13.3. The number of aliphatic carboxylic acids is 1. The van der Waals surface area contributed by atoms with Gasteiger partial charge in [0.2, 0.25) is 17.7 Å². The molecule has 0 aliphatic carbocycles. The Morgan fingerprint density at radius 2 is 1.46 bits per heavy atom. The fourth-order valence-electron chi connectivity index (χ4n) is 4.42. The highest BCUT2D eigenvalue weighted by atomic mass is 16.4. The number of amides is 3. The molecule has 3 amide bonds. The molecule has 0 saturated carbocycles. The van der Waals surface area contributed by atoms with Gasteiger partial charge in [-0.05, 0) is 48.1 Å². The fourth-order valence-corrected chi connectivity index (χ4v) is 4.42. The minimum atomic E-state index is -1.53.